The van der Waals surface area contributed by atoms with Crippen LogP contribution in [0.5, 0.6) is 0 Å². The van der Waals surface area contributed by atoms with E-state index in [1.165, 1.54) is 19.3 Å². The van der Waals surface area contributed by atoms with E-state index in [1.807, 2.05) is 17.5 Å². The standard InChI is InChI=1S/C19H24N4OS.2ClH/c20-15-7-12-3-1-4-13(8-15)18(12)23-17(24)9-16-11-25-19(22-16)14-5-2-6-21-10-14;;/h2,5-6,10-13,15,18H,1,3-4,7-9,20H2,(H,23,24);2*1H. The summed E-state index contributed by atoms with van der Waals surface area (Å²) in [7, 11) is 0. The van der Waals surface area contributed by atoms with Gasteiger partial charge in [-0.25, -0.2) is 4.98 Å². The van der Waals surface area contributed by atoms with E-state index in [-0.39, 0.29) is 30.7 Å². The van der Waals surface area contributed by atoms with Gasteiger partial charge in [0.2, 0.25) is 5.91 Å². The van der Waals surface area contributed by atoms with Gasteiger partial charge < -0.3 is 11.1 Å². The minimum Gasteiger partial charge on any atom is -0.352 e. The van der Waals surface area contributed by atoms with Crippen LogP contribution in [0.15, 0.2) is 29.9 Å². The van der Waals surface area contributed by atoms with E-state index in [0.717, 1.165) is 29.1 Å². The maximum atomic E-state index is 12.5. The maximum absolute atomic E-state index is 12.5. The molecule has 0 saturated heterocycles. The molecular formula is C19H26Cl2N4OS. The lowest BCUT2D eigenvalue weighted by Crippen LogP contribution is -2.54. The summed E-state index contributed by atoms with van der Waals surface area (Å²) in [4.78, 5) is 21.3. The first-order chi connectivity index (χ1) is 12.2. The van der Waals surface area contributed by atoms with E-state index < -0.39 is 0 Å². The second-order valence-electron chi connectivity index (χ2n) is 7.34. The van der Waals surface area contributed by atoms with Gasteiger partial charge in [-0.2, -0.15) is 0 Å². The fourth-order valence-electron chi connectivity index (χ4n) is 4.44. The summed E-state index contributed by atoms with van der Waals surface area (Å²) in [5.74, 6) is 1.18. The predicted molar refractivity (Wildman–Crippen MR) is 114 cm³/mol. The monoisotopic (exact) mass is 428 g/mol. The molecule has 1 amide bonds. The molecule has 2 fully saturated rings. The smallest absolute Gasteiger partial charge is 0.226 e. The van der Waals surface area contributed by atoms with Crippen LogP contribution in [0.4, 0.5) is 0 Å². The Bertz CT molecular complexity index is 728. The van der Waals surface area contributed by atoms with Gasteiger partial charge in [-0.1, -0.05) is 6.42 Å². The summed E-state index contributed by atoms with van der Waals surface area (Å²) < 4.78 is 0. The Hall–Kier alpha value is -1.21. The Balaban J connectivity index is 0.00000131. The largest absolute Gasteiger partial charge is 0.352 e. The van der Waals surface area contributed by atoms with E-state index in [4.69, 9.17) is 5.73 Å². The molecular weight excluding hydrogens is 403 g/mol. The number of nitrogens with zero attached hydrogens (tertiary/aromatic N) is 2. The van der Waals surface area contributed by atoms with Crippen molar-refractivity contribution in [1.29, 1.82) is 0 Å². The molecule has 3 N–H and O–H groups in total. The fourth-order valence-corrected chi connectivity index (χ4v) is 5.25. The van der Waals surface area contributed by atoms with Gasteiger partial charge in [0, 0.05) is 35.4 Å². The quantitative estimate of drug-likeness (QED) is 0.778. The second kappa shape index (κ2) is 9.82. The van der Waals surface area contributed by atoms with Crippen molar-refractivity contribution < 1.29 is 4.79 Å². The molecule has 2 aromatic rings. The Kier molecular flexibility index (Phi) is 8.04. The number of thiazole rings is 1. The van der Waals surface area contributed by atoms with Crippen LogP contribution >= 0.6 is 36.2 Å². The van der Waals surface area contributed by atoms with E-state index in [1.54, 1.807) is 23.7 Å². The van der Waals surface area contributed by atoms with Crippen molar-refractivity contribution in [2.45, 2.75) is 50.6 Å². The average Bonchev–Trinajstić information content (AvgIpc) is 3.05. The van der Waals surface area contributed by atoms with Crippen LogP contribution in [-0.2, 0) is 11.2 Å². The van der Waals surface area contributed by atoms with E-state index in [0.29, 0.717) is 30.3 Å². The van der Waals surface area contributed by atoms with Gasteiger partial charge in [-0.15, -0.1) is 36.2 Å². The van der Waals surface area contributed by atoms with Crippen LogP contribution < -0.4 is 11.1 Å². The molecule has 148 valence electrons. The molecule has 5 nitrogen and oxygen atoms in total. The van der Waals surface area contributed by atoms with Crippen molar-refractivity contribution >= 4 is 42.1 Å². The number of pyridine rings is 1. The highest BCUT2D eigenvalue weighted by Crippen LogP contribution is 2.39. The van der Waals surface area contributed by atoms with Crippen molar-refractivity contribution in [2.24, 2.45) is 17.6 Å². The van der Waals surface area contributed by atoms with E-state index in [9.17, 15) is 4.79 Å². The Morgan fingerprint density at radius 1 is 1.26 bits per heavy atom. The molecule has 27 heavy (non-hydrogen) atoms. The molecule has 2 heterocycles. The van der Waals surface area contributed by atoms with Crippen LogP contribution in [0.2, 0.25) is 0 Å². The summed E-state index contributed by atoms with van der Waals surface area (Å²) in [6.07, 6.45) is 9.64. The van der Waals surface area contributed by atoms with Crippen LogP contribution in [0, 0.1) is 11.8 Å². The first-order valence-electron chi connectivity index (χ1n) is 9.09. The zero-order valence-corrected chi connectivity index (χ0v) is 17.5. The Morgan fingerprint density at radius 2 is 2.00 bits per heavy atom. The molecule has 8 heteroatoms. The van der Waals surface area contributed by atoms with Crippen LogP contribution in [0.25, 0.3) is 10.6 Å². The second-order valence-corrected chi connectivity index (χ2v) is 8.20. The van der Waals surface area contributed by atoms with Gasteiger partial charge in [0.1, 0.15) is 5.01 Å². The van der Waals surface area contributed by atoms with Crippen molar-refractivity contribution in [2.75, 3.05) is 0 Å². The number of nitrogens with two attached hydrogens (primary N) is 1. The minimum absolute atomic E-state index is 0. The predicted octanol–water partition coefficient (Wildman–Crippen LogP) is 3.61. The summed E-state index contributed by atoms with van der Waals surface area (Å²) in [5, 5.41) is 6.18. The lowest BCUT2D eigenvalue weighted by Gasteiger charge is -2.45. The molecule has 2 atom stereocenters. The fraction of sp³-hybridized carbons (Fsp3) is 0.526. The van der Waals surface area contributed by atoms with Gasteiger partial charge in [0.05, 0.1) is 12.1 Å². The van der Waals surface area contributed by atoms with Gasteiger partial charge in [0.15, 0.2) is 0 Å². The Morgan fingerprint density at radius 3 is 2.67 bits per heavy atom. The summed E-state index contributed by atoms with van der Waals surface area (Å²) in [6, 6.07) is 4.50. The zero-order valence-electron chi connectivity index (χ0n) is 15.0. The lowest BCUT2D eigenvalue weighted by atomic mass is 9.67. The molecule has 2 aliphatic rings. The van der Waals surface area contributed by atoms with Crippen molar-refractivity contribution in [3.05, 3.63) is 35.6 Å². The zero-order chi connectivity index (χ0) is 17.2. The Labute approximate surface area is 176 Å². The minimum atomic E-state index is 0. The van der Waals surface area contributed by atoms with Crippen molar-refractivity contribution in [3.63, 3.8) is 0 Å². The molecule has 2 unspecified atom stereocenters. The van der Waals surface area contributed by atoms with E-state index in [2.05, 4.69) is 15.3 Å². The number of hydrogen-bond acceptors (Lipinski definition) is 5. The first-order valence-corrected chi connectivity index (χ1v) is 9.97. The average molecular weight is 429 g/mol. The highest BCUT2D eigenvalue weighted by atomic mass is 35.5. The summed E-state index contributed by atoms with van der Waals surface area (Å²) >= 11 is 1.56. The molecule has 0 aromatic carbocycles. The van der Waals surface area contributed by atoms with Crippen LogP contribution in [0.1, 0.15) is 37.8 Å². The number of rotatable bonds is 4. The number of aromatic nitrogens is 2. The highest BCUT2D eigenvalue weighted by molar-refractivity contribution is 7.13. The number of amides is 1. The molecule has 2 aromatic heterocycles. The van der Waals surface area contributed by atoms with Gasteiger partial charge in [-0.05, 0) is 49.7 Å². The highest BCUT2D eigenvalue weighted by Gasteiger charge is 2.39. The summed E-state index contributed by atoms with van der Waals surface area (Å²) in [5.41, 5.74) is 8.00. The molecule has 2 aliphatic carbocycles. The molecule has 0 spiro atoms. The number of halogens is 2. The third-order valence-electron chi connectivity index (χ3n) is 5.51. The summed E-state index contributed by atoms with van der Waals surface area (Å²) in [6.45, 7) is 0. The number of fused-ring (bicyclic) bond motifs is 2. The third kappa shape index (κ3) is 5.19. The number of carbonyl (C=O) groups excluding carboxylic acids is 1. The molecule has 2 bridgehead atoms. The molecule has 0 aliphatic heterocycles. The first kappa shape index (κ1) is 22.1. The molecule has 2 saturated carbocycles. The normalized spacial score (nSPS) is 26.4. The third-order valence-corrected chi connectivity index (χ3v) is 6.45. The van der Waals surface area contributed by atoms with Crippen LogP contribution in [0.3, 0.4) is 0 Å². The lowest BCUT2D eigenvalue weighted by molar-refractivity contribution is -0.122. The number of hydrogen-bond donors (Lipinski definition) is 2. The SMILES string of the molecule is Cl.Cl.NC1CC2CCCC(C1)C2NC(=O)Cc1csc(-c2cccnc2)n1. The van der Waals surface area contributed by atoms with Gasteiger partial charge in [0.25, 0.3) is 0 Å². The number of nitrogens with one attached hydrogen (secondary N) is 1. The van der Waals surface area contributed by atoms with Gasteiger partial charge in [-0.3, -0.25) is 9.78 Å². The number of carbonyl (C=O) groups is 1. The van der Waals surface area contributed by atoms with Crippen LogP contribution in [-0.4, -0.2) is 28.0 Å². The van der Waals surface area contributed by atoms with Gasteiger partial charge >= 0.3 is 0 Å². The molecule has 0 radical (unpaired) electrons. The van der Waals surface area contributed by atoms with Crippen molar-refractivity contribution in [1.82, 2.24) is 15.3 Å². The molecule has 4 rings (SSSR count). The topological polar surface area (TPSA) is 80.9 Å². The van der Waals surface area contributed by atoms with E-state index >= 15 is 0 Å². The maximum Gasteiger partial charge on any atom is 0.226 e. The van der Waals surface area contributed by atoms with Crippen molar-refractivity contribution in [3.8, 4) is 10.6 Å².